The van der Waals surface area contributed by atoms with Crippen LogP contribution in [-0.2, 0) is 14.3 Å². The Kier molecular flexibility index (Phi) is 4.51. The summed E-state index contributed by atoms with van der Waals surface area (Å²) in [6, 6.07) is 9.40. The topological polar surface area (TPSA) is 69.4 Å². The summed E-state index contributed by atoms with van der Waals surface area (Å²) in [5.74, 6) is -0.922. The van der Waals surface area contributed by atoms with Crippen molar-refractivity contribution in [3.63, 3.8) is 0 Å². The third-order valence-corrected chi connectivity index (χ3v) is 2.21. The van der Waals surface area contributed by atoms with Crippen molar-refractivity contribution in [3.8, 4) is 0 Å². The molecule has 0 saturated carbocycles. The van der Waals surface area contributed by atoms with Crippen molar-refractivity contribution >= 4 is 11.9 Å². The van der Waals surface area contributed by atoms with E-state index in [1.807, 2.05) is 30.3 Å². The fourth-order valence-corrected chi connectivity index (χ4v) is 1.46. The van der Waals surface area contributed by atoms with Crippen molar-refractivity contribution in [1.29, 1.82) is 0 Å². The molecule has 0 aliphatic carbocycles. The molecule has 0 spiro atoms. The van der Waals surface area contributed by atoms with Crippen LogP contribution in [0.15, 0.2) is 30.3 Å². The number of esters is 1. The number of carbonyl (C=O) groups is 2. The summed E-state index contributed by atoms with van der Waals surface area (Å²) in [5, 5.41) is 0. The molecular weight excluding hydrogens is 206 g/mol. The van der Waals surface area contributed by atoms with Crippen molar-refractivity contribution in [2.45, 2.75) is 19.3 Å². The van der Waals surface area contributed by atoms with E-state index in [2.05, 4.69) is 0 Å². The van der Waals surface area contributed by atoms with Crippen LogP contribution in [0.3, 0.4) is 0 Å². The molecule has 86 valence electrons. The van der Waals surface area contributed by atoms with E-state index in [0.29, 0.717) is 0 Å². The summed E-state index contributed by atoms with van der Waals surface area (Å²) < 4.78 is 4.91. The second kappa shape index (κ2) is 5.90. The lowest BCUT2D eigenvalue weighted by Gasteiger charge is -2.15. The zero-order chi connectivity index (χ0) is 12.0. The van der Waals surface area contributed by atoms with Gasteiger partial charge in [0.2, 0.25) is 5.91 Å². The van der Waals surface area contributed by atoms with Crippen molar-refractivity contribution in [2.24, 2.45) is 5.73 Å². The van der Waals surface area contributed by atoms with Crippen LogP contribution in [0.5, 0.6) is 0 Å². The van der Waals surface area contributed by atoms with E-state index in [0.717, 1.165) is 5.56 Å². The van der Waals surface area contributed by atoms with E-state index in [1.54, 1.807) is 0 Å². The first-order chi connectivity index (χ1) is 7.59. The normalized spacial score (nSPS) is 11.8. The maximum atomic E-state index is 10.9. The number of carbonyl (C=O) groups excluding carboxylic acids is 2. The minimum absolute atomic E-state index is 0.164. The average molecular weight is 221 g/mol. The number of benzene rings is 1. The van der Waals surface area contributed by atoms with Crippen molar-refractivity contribution in [3.05, 3.63) is 35.9 Å². The number of nitrogens with two attached hydrogens (primary N) is 1. The largest absolute Gasteiger partial charge is 0.465 e. The van der Waals surface area contributed by atoms with Gasteiger partial charge in [-0.1, -0.05) is 30.3 Å². The number of rotatable bonds is 5. The highest BCUT2D eigenvalue weighted by atomic mass is 16.5. The van der Waals surface area contributed by atoms with Gasteiger partial charge in [0, 0.05) is 19.3 Å². The van der Waals surface area contributed by atoms with Crippen LogP contribution in [0.1, 0.15) is 24.8 Å². The van der Waals surface area contributed by atoms with Crippen molar-refractivity contribution in [2.75, 3.05) is 6.61 Å². The lowest BCUT2D eigenvalue weighted by Crippen LogP contribution is -2.19. The third-order valence-electron chi connectivity index (χ3n) is 2.21. The first kappa shape index (κ1) is 12.2. The lowest BCUT2D eigenvalue weighted by atomic mass is 9.96. The van der Waals surface area contributed by atoms with E-state index in [-0.39, 0.29) is 24.9 Å². The molecule has 0 heterocycles. The molecule has 0 unspecified atom stereocenters. The molecule has 0 bridgehead atoms. The van der Waals surface area contributed by atoms with Crippen molar-refractivity contribution < 1.29 is 14.3 Å². The van der Waals surface area contributed by atoms with Gasteiger partial charge in [0.1, 0.15) is 0 Å². The van der Waals surface area contributed by atoms with E-state index in [1.165, 1.54) is 6.92 Å². The zero-order valence-corrected chi connectivity index (χ0v) is 9.18. The molecule has 0 saturated heterocycles. The quantitative estimate of drug-likeness (QED) is 0.760. The Morgan fingerprint density at radius 3 is 2.44 bits per heavy atom. The maximum absolute atomic E-state index is 10.9. The van der Waals surface area contributed by atoms with Crippen molar-refractivity contribution in [1.82, 2.24) is 0 Å². The predicted molar refractivity (Wildman–Crippen MR) is 59.6 cm³/mol. The number of hydrogen-bond acceptors (Lipinski definition) is 3. The van der Waals surface area contributed by atoms with E-state index >= 15 is 0 Å². The Bertz CT molecular complexity index is 362. The second-order valence-corrected chi connectivity index (χ2v) is 3.58. The van der Waals surface area contributed by atoms with Crippen LogP contribution in [0, 0.1) is 0 Å². The number of amides is 1. The number of ether oxygens (including phenoxy) is 1. The molecule has 4 heteroatoms. The highest BCUT2D eigenvalue weighted by Crippen LogP contribution is 2.19. The highest BCUT2D eigenvalue weighted by molar-refractivity contribution is 5.75. The fraction of sp³-hybridized carbons (Fsp3) is 0.333. The van der Waals surface area contributed by atoms with Gasteiger partial charge < -0.3 is 10.5 Å². The van der Waals surface area contributed by atoms with E-state index in [9.17, 15) is 9.59 Å². The molecule has 1 atom stereocenters. The molecule has 1 amide bonds. The standard InChI is InChI=1S/C12H15NO3/c1-9(14)16-8-11(7-12(13)15)10-5-3-2-4-6-10/h2-6,11H,7-8H2,1H3,(H2,13,15)/t11-/m1/s1. The maximum Gasteiger partial charge on any atom is 0.302 e. The van der Waals surface area contributed by atoms with E-state index < -0.39 is 5.91 Å². The highest BCUT2D eigenvalue weighted by Gasteiger charge is 2.15. The Balaban J connectivity index is 2.71. The second-order valence-electron chi connectivity index (χ2n) is 3.58. The molecule has 0 radical (unpaired) electrons. The molecule has 1 rings (SSSR count). The molecule has 0 fully saturated rings. The van der Waals surface area contributed by atoms with Crippen LogP contribution in [-0.4, -0.2) is 18.5 Å². The monoisotopic (exact) mass is 221 g/mol. The summed E-state index contributed by atoms with van der Waals surface area (Å²) in [5.41, 5.74) is 6.10. The molecule has 4 nitrogen and oxygen atoms in total. The van der Waals surface area contributed by atoms with Gasteiger partial charge in [-0.05, 0) is 5.56 Å². The SMILES string of the molecule is CC(=O)OC[C@@H](CC(N)=O)c1ccccc1. The summed E-state index contributed by atoms with van der Waals surface area (Å²) in [6.45, 7) is 1.52. The minimum atomic E-state index is -0.402. The van der Waals surface area contributed by atoms with Gasteiger partial charge in [0.05, 0.1) is 6.61 Å². The van der Waals surface area contributed by atoms with Gasteiger partial charge in [-0.2, -0.15) is 0 Å². The molecule has 1 aromatic carbocycles. The lowest BCUT2D eigenvalue weighted by molar-refractivity contribution is -0.142. The number of primary amides is 1. The summed E-state index contributed by atoms with van der Waals surface area (Å²) >= 11 is 0. The fourth-order valence-electron chi connectivity index (χ4n) is 1.46. The molecule has 16 heavy (non-hydrogen) atoms. The molecule has 2 N–H and O–H groups in total. The summed E-state index contributed by atoms with van der Waals surface area (Å²) in [6.07, 6.45) is 0.178. The molecular formula is C12H15NO3. The minimum Gasteiger partial charge on any atom is -0.465 e. The number of hydrogen-bond donors (Lipinski definition) is 1. The van der Waals surface area contributed by atoms with Gasteiger partial charge in [0.15, 0.2) is 0 Å². The molecule has 1 aromatic rings. The van der Waals surface area contributed by atoms with Crippen LogP contribution in [0.4, 0.5) is 0 Å². The van der Waals surface area contributed by atoms with Crippen LogP contribution >= 0.6 is 0 Å². The van der Waals surface area contributed by atoms with Crippen LogP contribution in [0.25, 0.3) is 0 Å². The summed E-state index contributed by atoms with van der Waals surface area (Å²) in [7, 11) is 0. The van der Waals surface area contributed by atoms with Gasteiger partial charge in [-0.3, -0.25) is 9.59 Å². The van der Waals surface area contributed by atoms with Gasteiger partial charge in [-0.15, -0.1) is 0 Å². The van der Waals surface area contributed by atoms with Gasteiger partial charge in [-0.25, -0.2) is 0 Å². The third kappa shape index (κ3) is 4.13. The van der Waals surface area contributed by atoms with Crippen LogP contribution in [0.2, 0.25) is 0 Å². The zero-order valence-electron chi connectivity index (χ0n) is 9.18. The Hall–Kier alpha value is -1.84. The first-order valence-corrected chi connectivity index (χ1v) is 5.06. The van der Waals surface area contributed by atoms with Gasteiger partial charge in [0.25, 0.3) is 0 Å². The Labute approximate surface area is 94.4 Å². The summed E-state index contributed by atoms with van der Waals surface area (Å²) in [4.78, 5) is 21.6. The Morgan fingerprint density at radius 1 is 1.31 bits per heavy atom. The Morgan fingerprint density at radius 2 is 1.94 bits per heavy atom. The smallest absolute Gasteiger partial charge is 0.302 e. The van der Waals surface area contributed by atoms with Crippen LogP contribution < -0.4 is 5.73 Å². The average Bonchev–Trinajstić information content (AvgIpc) is 2.25. The van der Waals surface area contributed by atoms with E-state index in [4.69, 9.17) is 10.5 Å². The molecule has 0 aliphatic heterocycles. The molecule has 0 aromatic heterocycles. The molecule has 0 aliphatic rings. The predicted octanol–water partition coefficient (Wildman–Crippen LogP) is 1.21. The van der Waals surface area contributed by atoms with Gasteiger partial charge >= 0.3 is 5.97 Å². The first-order valence-electron chi connectivity index (χ1n) is 5.06.